The van der Waals surface area contributed by atoms with Gasteiger partial charge >= 0.3 is 0 Å². The first kappa shape index (κ1) is 22.9. The highest BCUT2D eigenvalue weighted by Crippen LogP contribution is 2.25. The van der Waals surface area contributed by atoms with Gasteiger partial charge in [0.2, 0.25) is 15.9 Å². The van der Waals surface area contributed by atoms with Crippen LogP contribution in [0.3, 0.4) is 0 Å². The van der Waals surface area contributed by atoms with Crippen LogP contribution >= 0.6 is 11.6 Å². The maximum Gasteiger partial charge on any atom is 0.244 e. The predicted octanol–water partition coefficient (Wildman–Crippen LogP) is 4.23. The molecule has 0 radical (unpaired) electrons. The number of carbonyl (C=O) groups is 1. The second-order valence-electron chi connectivity index (χ2n) is 7.11. The molecule has 0 saturated heterocycles. The van der Waals surface area contributed by atoms with E-state index in [1.165, 1.54) is 6.07 Å². The molecule has 0 spiro atoms. The Balaban J connectivity index is 1.64. The zero-order valence-electron chi connectivity index (χ0n) is 17.4. The van der Waals surface area contributed by atoms with Gasteiger partial charge < -0.3 is 10.1 Å². The van der Waals surface area contributed by atoms with Crippen LogP contribution in [0, 0.1) is 0 Å². The molecular weight excluding hydrogens is 436 g/mol. The van der Waals surface area contributed by atoms with Crippen LogP contribution in [-0.4, -0.2) is 39.8 Å². The number of amides is 1. The van der Waals surface area contributed by atoms with E-state index in [9.17, 15) is 13.2 Å². The molecule has 0 aliphatic carbocycles. The summed E-state index contributed by atoms with van der Waals surface area (Å²) in [5.41, 5.74) is 0.351. The van der Waals surface area contributed by atoms with Gasteiger partial charge in [0, 0.05) is 5.02 Å². The van der Waals surface area contributed by atoms with Gasteiger partial charge in [0.15, 0.2) is 0 Å². The SMILES string of the molecule is CC[C@H](C(=O)NCCOc1ccc2ccccc2c1)N(c1cccc(Cl)c1)S(C)(=O)=O. The third kappa shape index (κ3) is 5.89. The van der Waals surface area contributed by atoms with Crippen LogP contribution in [0.5, 0.6) is 5.75 Å². The van der Waals surface area contributed by atoms with Gasteiger partial charge in [0.25, 0.3) is 0 Å². The van der Waals surface area contributed by atoms with Gasteiger partial charge in [-0.3, -0.25) is 9.10 Å². The summed E-state index contributed by atoms with van der Waals surface area (Å²) in [4.78, 5) is 12.8. The van der Waals surface area contributed by atoms with Crippen molar-refractivity contribution in [2.75, 3.05) is 23.7 Å². The molecule has 1 N–H and O–H groups in total. The van der Waals surface area contributed by atoms with E-state index in [0.29, 0.717) is 22.9 Å². The van der Waals surface area contributed by atoms with Crippen LogP contribution in [0.1, 0.15) is 13.3 Å². The number of benzene rings is 3. The Morgan fingerprint density at radius 3 is 2.48 bits per heavy atom. The molecule has 164 valence electrons. The number of nitrogens with one attached hydrogen (secondary N) is 1. The van der Waals surface area contributed by atoms with Crippen molar-refractivity contribution in [3.05, 3.63) is 71.8 Å². The number of hydrogen-bond donors (Lipinski definition) is 1. The summed E-state index contributed by atoms with van der Waals surface area (Å²) in [5.74, 6) is 0.312. The number of hydrogen-bond acceptors (Lipinski definition) is 4. The van der Waals surface area contributed by atoms with Crippen molar-refractivity contribution >= 4 is 44.0 Å². The number of anilines is 1. The minimum atomic E-state index is -3.70. The number of carbonyl (C=O) groups excluding carboxylic acids is 1. The summed E-state index contributed by atoms with van der Waals surface area (Å²) in [6.07, 6.45) is 1.38. The quantitative estimate of drug-likeness (QED) is 0.485. The highest BCUT2D eigenvalue weighted by molar-refractivity contribution is 7.92. The van der Waals surface area contributed by atoms with Gasteiger partial charge in [-0.2, -0.15) is 0 Å². The zero-order valence-corrected chi connectivity index (χ0v) is 19.0. The van der Waals surface area contributed by atoms with E-state index >= 15 is 0 Å². The van der Waals surface area contributed by atoms with Gasteiger partial charge in [-0.05, 0) is 47.5 Å². The van der Waals surface area contributed by atoms with Crippen molar-refractivity contribution in [2.45, 2.75) is 19.4 Å². The first-order valence-corrected chi connectivity index (χ1v) is 12.2. The van der Waals surface area contributed by atoms with E-state index in [1.54, 1.807) is 25.1 Å². The maximum atomic E-state index is 12.8. The molecule has 1 atom stereocenters. The first-order valence-electron chi connectivity index (χ1n) is 9.94. The number of nitrogens with zero attached hydrogens (tertiary/aromatic N) is 1. The second kappa shape index (κ2) is 10.0. The molecule has 0 saturated carbocycles. The number of halogens is 1. The maximum absolute atomic E-state index is 12.8. The molecule has 8 heteroatoms. The highest BCUT2D eigenvalue weighted by atomic mass is 35.5. The Morgan fingerprint density at radius 1 is 1.06 bits per heavy atom. The smallest absolute Gasteiger partial charge is 0.244 e. The van der Waals surface area contributed by atoms with Gasteiger partial charge in [0.05, 0.1) is 18.5 Å². The van der Waals surface area contributed by atoms with Gasteiger partial charge in [-0.15, -0.1) is 0 Å². The summed E-state index contributed by atoms with van der Waals surface area (Å²) in [7, 11) is -3.70. The number of ether oxygens (including phenoxy) is 1. The average Bonchev–Trinajstić information content (AvgIpc) is 2.73. The minimum Gasteiger partial charge on any atom is -0.492 e. The first-order chi connectivity index (χ1) is 14.8. The minimum absolute atomic E-state index is 0.245. The van der Waals surface area contributed by atoms with Gasteiger partial charge in [-0.25, -0.2) is 8.42 Å². The van der Waals surface area contributed by atoms with Crippen LogP contribution in [0.25, 0.3) is 10.8 Å². The lowest BCUT2D eigenvalue weighted by Crippen LogP contribution is -2.50. The van der Waals surface area contributed by atoms with Crippen molar-refractivity contribution in [3.8, 4) is 5.75 Å². The van der Waals surface area contributed by atoms with Gasteiger partial charge in [-0.1, -0.05) is 54.9 Å². The second-order valence-corrected chi connectivity index (χ2v) is 9.41. The largest absolute Gasteiger partial charge is 0.492 e. The number of sulfonamides is 1. The standard InChI is InChI=1S/C23H25ClN2O4S/c1-3-22(26(31(2,28)29)20-10-6-9-19(24)16-20)23(27)25-13-14-30-21-12-11-17-7-4-5-8-18(17)15-21/h4-12,15-16,22H,3,13-14H2,1-2H3,(H,25,27)/t22-/m1/s1. The Kier molecular flexibility index (Phi) is 7.41. The van der Waals surface area contributed by atoms with Crippen LogP contribution in [-0.2, 0) is 14.8 Å². The van der Waals surface area contributed by atoms with Crippen molar-refractivity contribution in [2.24, 2.45) is 0 Å². The number of rotatable bonds is 9. The third-order valence-electron chi connectivity index (χ3n) is 4.78. The van der Waals surface area contributed by atoms with Gasteiger partial charge in [0.1, 0.15) is 18.4 Å². The predicted molar refractivity (Wildman–Crippen MR) is 125 cm³/mol. The fourth-order valence-corrected chi connectivity index (χ4v) is 4.78. The number of fused-ring (bicyclic) bond motifs is 1. The van der Waals surface area contributed by atoms with Crippen molar-refractivity contribution in [1.82, 2.24) is 5.32 Å². The summed E-state index contributed by atoms with van der Waals surface area (Å²) < 4.78 is 31.7. The Bertz CT molecular complexity index is 1170. The molecule has 0 aliphatic heterocycles. The Labute approximate surface area is 187 Å². The molecule has 1 amide bonds. The molecule has 0 unspecified atom stereocenters. The van der Waals surface area contributed by atoms with E-state index in [0.717, 1.165) is 21.3 Å². The van der Waals surface area contributed by atoms with E-state index in [2.05, 4.69) is 5.32 Å². The third-order valence-corrected chi connectivity index (χ3v) is 6.20. The van der Waals surface area contributed by atoms with E-state index in [4.69, 9.17) is 16.3 Å². The summed E-state index contributed by atoms with van der Waals surface area (Å²) in [6, 6.07) is 19.3. The zero-order chi connectivity index (χ0) is 22.4. The molecule has 3 aromatic carbocycles. The molecule has 6 nitrogen and oxygen atoms in total. The normalized spacial score (nSPS) is 12.4. The highest BCUT2D eigenvalue weighted by Gasteiger charge is 2.31. The molecule has 0 aliphatic rings. The molecule has 3 rings (SSSR count). The molecule has 0 aromatic heterocycles. The van der Waals surface area contributed by atoms with Crippen LogP contribution < -0.4 is 14.4 Å². The van der Waals surface area contributed by atoms with Crippen LogP contribution in [0.15, 0.2) is 66.7 Å². The molecule has 0 heterocycles. The van der Waals surface area contributed by atoms with Crippen LogP contribution in [0.2, 0.25) is 5.02 Å². The topological polar surface area (TPSA) is 75.7 Å². The van der Waals surface area contributed by atoms with Crippen molar-refractivity contribution in [1.29, 1.82) is 0 Å². The molecule has 0 fully saturated rings. The Hall–Kier alpha value is -2.77. The lowest BCUT2D eigenvalue weighted by molar-refractivity contribution is -0.122. The van der Waals surface area contributed by atoms with E-state index in [1.807, 2.05) is 42.5 Å². The molecule has 31 heavy (non-hydrogen) atoms. The Morgan fingerprint density at radius 2 is 1.81 bits per heavy atom. The lowest BCUT2D eigenvalue weighted by atomic mass is 10.1. The summed E-state index contributed by atoms with van der Waals surface area (Å²) in [6.45, 7) is 2.27. The van der Waals surface area contributed by atoms with Crippen LogP contribution in [0.4, 0.5) is 5.69 Å². The van der Waals surface area contributed by atoms with E-state index in [-0.39, 0.29) is 13.2 Å². The fourth-order valence-electron chi connectivity index (χ4n) is 3.39. The van der Waals surface area contributed by atoms with Crippen molar-refractivity contribution < 1.29 is 17.9 Å². The van der Waals surface area contributed by atoms with E-state index < -0.39 is 22.0 Å². The fraction of sp³-hybridized carbons (Fsp3) is 0.261. The molecule has 3 aromatic rings. The monoisotopic (exact) mass is 460 g/mol. The molecule has 0 bridgehead atoms. The lowest BCUT2D eigenvalue weighted by Gasteiger charge is -2.30. The summed E-state index contributed by atoms with van der Waals surface area (Å²) >= 11 is 6.02. The van der Waals surface area contributed by atoms with Crippen molar-refractivity contribution in [3.63, 3.8) is 0 Å². The summed E-state index contributed by atoms with van der Waals surface area (Å²) in [5, 5.41) is 5.36. The molecular formula is C23H25ClN2O4S. The average molecular weight is 461 g/mol.